The van der Waals surface area contributed by atoms with Gasteiger partial charge in [-0.1, -0.05) is 0 Å². The fraction of sp³-hybridized carbons (Fsp3) is 0.500. The van der Waals surface area contributed by atoms with E-state index in [1.54, 1.807) is 17.8 Å². The van der Waals surface area contributed by atoms with Crippen LogP contribution in [-0.2, 0) is 5.75 Å². The van der Waals surface area contributed by atoms with Gasteiger partial charge in [-0.25, -0.2) is 0 Å². The third-order valence-electron chi connectivity index (χ3n) is 1.36. The maximum Gasteiger partial charge on any atom is 0.193 e. The molecule has 1 aromatic heterocycles. The van der Waals surface area contributed by atoms with Gasteiger partial charge < -0.3 is 9.52 Å². The van der Waals surface area contributed by atoms with Crippen LogP contribution in [0.15, 0.2) is 16.5 Å². The van der Waals surface area contributed by atoms with Gasteiger partial charge in [0.15, 0.2) is 5.22 Å². The smallest absolute Gasteiger partial charge is 0.193 e. The molecule has 0 radical (unpaired) electrons. The molecule has 0 aliphatic rings. The summed E-state index contributed by atoms with van der Waals surface area (Å²) in [4.78, 5) is 0. The molecule has 1 unspecified atom stereocenters. The van der Waals surface area contributed by atoms with Crippen LogP contribution < -0.4 is 0 Å². The molecule has 5 heteroatoms. The Kier molecular flexibility index (Phi) is 5.02. The number of hydrogen-bond donors (Lipinski definition) is 1. The number of rotatable bonds is 5. The first-order valence-electron chi connectivity index (χ1n) is 3.78. The van der Waals surface area contributed by atoms with E-state index >= 15 is 0 Å². The second-order valence-electron chi connectivity index (χ2n) is 2.53. The molecule has 2 nitrogen and oxygen atoms in total. The van der Waals surface area contributed by atoms with E-state index in [0.717, 1.165) is 5.76 Å². The van der Waals surface area contributed by atoms with Crippen LogP contribution in [0.2, 0.25) is 5.22 Å². The zero-order chi connectivity index (χ0) is 9.68. The summed E-state index contributed by atoms with van der Waals surface area (Å²) in [7, 11) is 0. The lowest BCUT2D eigenvalue weighted by Gasteiger charge is -2.03. The average Bonchev–Trinajstić information content (AvgIpc) is 2.51. The molecular formula is C8H10Cl2O2S. The third kappa shape index (κ3) is 4.27. The first kappa shape index (κ1) is 11.2. The molecule has 1 N–H and O–H groups in total. The molecule has 0 spiro atoms. The SMILES string of the molecule is OC(CCl)CSCc1ccc(Cl)o1. The summed E-state index contributed by atoms with van der Waals surface area (Å²) in [6.45, 7) is 0. The summed E-state index contributed by atoms with van der Waals surface area (Å²) in [5, 5.41) is 9.53. The number of furan rings is 1. The van der Waals surface area contributed by atoms with E-state index in [-0.39, 0.29) is 5.88 Å². The van der Waals surface area contributed by atoms with E-state index in [1.807, 2.05) is 6.07 Å². The first-order valence-corrected chi connectivity index (χ1v) is 5.85. The molecule has 0 aromatic carbocycles. The van der Waals surface area contributed by atoms with Crippen molar-refractivity contribution in [3.8, 4) is 0 Å². The van der Waals surface area contributed by atoms with Crippen LogP contribution in [0.25, 0.3) is 0 Å². The number of aliphatic hydroxyl groups excluding tert-OH is 1. The Hall–Kier alpha value is 0.170. The lowest BCUT2D eigenvalue weighted by molar-refractivity contribution is 0.223. The van der Waals surface area contributed by atoms with Gasteiger partial charge in [-0.2, -0.15) is 11.8 Å². The second-order valence-corrected chi connectivity index (χ2v) is 4.24. The van der Waals surface area contributed by atoms with Crippen molar-refractivity contribution in [1.29, 1.82) is 0 Å². The van der Waals surface area contributed by atoms with E-state index in [1.165, 1.54) is 0 Å². The summed E-state index contributed by atoms with van der Waals surface area (Å²) in [6.07, 6.45) is -0.447. The Labute approximate surface area is 91.2 Å². The Morgan fingerprint density at radius 1 is 1.54 bits per heavy atom. The molecule has 0 saturated carbocycles. The van der Waals surface area contributed by atoms with Crippen molar-refractivity contribution in [2.45, 2.75) is 11.9 Å². The number of halogens is 2. The maximum absolute atomic E-state index is 9.13. The van der Waals surface area contributed by atoms with E-state index in [9.17, 15) is 0 Å². The zero-order valence-corrected chi connectivity index (χ0v) is 9.20. The normalized spacial score (nSPS) is 13.2. The molecule has 1 aromatic rings. The van der Waals surface area contributed by atoms with Gasteiger partial charge in [0.1, 0.15) is 5.76 Å². The van der Waals surface area contributed by atoms with Crippen molar-refractivity contribution >= 4 is 35.0 Å². The number of thioether (sulfide) groups is 1. The standard InChI is InChI=1S/C8H10Cl2O2S/c9-3-6(11)4-13-5-7-1-2-8(10)12-7/h1-2,6,11H,3-5H2. The highest BCUT2D eigenvalue weighted by molar-refractivity contribution is 7.98. The Morgan fingerprint density at radius 3 is 2.85 bits per heavy atom. The van der Waals surface area contributed by atoms with Crippen LogP contribution in [0, 0.1) is 0 Å². The molecular weight excluding hydrogens is 231 g/mol. The van der Waals surface area contributed by atoms with Crippen molar-refractivity contribution in [1.82, 2.24) is 0 Å². The average molecular weight is 241 g/mol. The predicted octanol–water partition coefficient (Wildman–Crippen LogP) is 2.77. The highest BCUT2D eigenvalue weighted by Gasteiger charge is 2.04. The Bertz CT molecular complexity index is 252. The minimum Gasteiger partial charge on any atom is -0.449 e. The first-order chi connectivity index (χ1) is 6.22. The van der Waals surface area contributed by atoms with Crippen LogP contribution in [0.3, 0.4) is 0 Å². The van der Waals surface area contributed by atoms with Crippen LogP contribution in [-0.4, -0.2) is 22.8 Å². The van der Waals surface area contributed by atoms with Crippen molar-refractivity contribution < 1.29 is 9.52 Å². The number of hydrogen-bond acceptors (Lipinski definition) is 3. The largest absolute Gasteiger partial charge is 0.449 e. The molecule has 0 bridgehead atoms. The topological polar surface area (TPSA) is 33.4 Å². The lowest BCUT2D eigenvalue weighted by Crippen LogP contribution is -2.11. The minimum absolute atomic E-state index is 0.270. The Balaban J connectivity index is 2.20. The highest BCUT2D eigenvalue weighted by atomic mass is 35.5. The van der Waals surface area contributed by atoms with Gasteiger partial charge in [0, 0.05) is 11.6 Å². The summed E-state index contributed by atoms with van der Waals surface area (Å²) >= 11 is 12.6. The van der Waals surface area contributed by atoms with Crippen molar-refractivity contribution in [2.75, 3.05) is 11.6 Å². The molecule has 74 valence electrons. The third-order valence-corrected chi connectivity index (χ3v) is 3.03. The maximum atomic E-state index is 9.13. The Morgan fingerprint density at radius 2 is 2.31 bits per heavy atom. The predicted molar refractivity (Wildman–Crippen MR) is 56.6 cm³/mol. The molecule has 1 rings (SSSR count). The van der Waals surface area contributed by atoms with E-state index in [2.05, 4.69) is 0 Å². The highest BCUT2D eigenvalue weighted by Crippen LogP contribution is 2.18. The van der Waals surface area contributed by atoms with Crippen molar-refractivity contribution in [3.05, 3.63) is 23.1 Å². The van der Waals surface area contributed by atoms with Gasteiger partial charge in [0.25, 0.3) is 0 Å². The van der Waals surface area contributed by atoms with E-state index < -0.39 is 6.10 Å². The van der Waals surface area contributed by atoms with Gasteiger partial charge in [-0.3, -0.25) is 0 Å². The van der Waals surface area contributed by atoms with Gasteiger partial charge >= 0.3 is 0 Å². The summed E-state index contributed by atoms with van der Waals surface area (Å²) in [6, 6.07) is 3.53. The molecule has 0 aliphatic heterocycles. The second kappa shape index (κ2) is 5.81. The van der Waals surface area contributed by atoms with E-state index in [0.29, 0.717) is 16.7 Å². The minimum atomic E-state index is -0.447. The van der Waals surface area contributed by atoms with Gasteiger partial charge in [-0.05, 0) is 23.7 Å². The van der Waals surface area contributed by atoms with Crippen LogP contribution in [0.4, 0.5) is 0 Å². The molecule has 0 fully saturated rings. The zero-order valence-electron chi connectivity index (χ0n) is 6.87. The molecule has 13 heavy (non-hydrogen) atoms. The lowest BCUT2D eigenvalue weighted by atomic mass is 10.5. The van der Waals surface area contributed by atoms with Gasteiger partial charge in [-0.15, -0.1) is 11.6 Å². The van der Waals surface area contributed by atoms with E-state index in [4.69, 9.17) is 32.7 Å². The fourth-order valence-corrected chi connectivity index (χ4v) is 2.03. The molecule has 0 amide bonds. The molecule has 0 aliphatic carbocycles. The van der Waals surface area contributed by atoms with Gasteiger partial charge in [0.2, 0.25) is 0 Å². The summed E-state index contributed by atoms with van der Waals surface area (Å²) < 4.78 is 5.13. The van der Waals surface area contributed by atoms with Crippen molar-refractivity contribution in [3.63, 3.8) is 0 Å². The monoisotopic (exact) mass is 240 g/mol. The number of aliphatic hydroxyl groups is 1. The van der Waals surface area contributed by atoms with Crippen molar-refractivity contribution in [2.24, 2.45) is 0 Å². The summed E-state index contributed by atoms with van der Waals surface area (Å²) in [5.41, 5.74) is 0. The number of alkyl halides is 1. The quantitative estimate of drug-likeness (QED) is 0.804. The van der Waals surface area contributed by atoms with Crippen LogP contribution >= 0.6 is 35.0 Å². The van der Waals surface area contributed by atoms with Gasteiger partial charge in [0.05, 0.1) is 11.9 Å². The van der Waals surface area contributed by atoms with Crippen LogP contribution in [0.5, 0.6) is 0 Å². The molecule has 0 saturated heterocycles. The molecule has 1 atom stereocenters. The molecule has 1 heterocycles. The van der Waals surface area contributed by atoms with Crippen LogP contribution in [0.1, 0.15) is 5.76 Å². The fourth-order valence-electron chi connectivity index (χ4n) is 0.769. The summed E-state index contributed by atoms with van der Waals surface area (Å²) in [5.74, 6) is 2.41.